The highest BCUT2D eigenvalue weighted by atomic mass is 16.3. The van der Waals surface area contributed by atoms with Gasteiger partial charge in [0.05, 0.1) is 5.56 Å². The van der Waals surface area contributed by atoms with Crippen molar-refractivity contribution in [1.29, 1.82) is 0 Å². The van der Waals surface area contributed by atoms with E-state index in [1.807, 2.05) is 0 Å². The molecule has 1 aliphatic carbocycles. The third-order valence-corrected chi connectivity index (χ3v) is 2.27. The summed E-state index contributed by atoms with van der Waals surface area (Å²) in [7, 11) is 0. The molecule has 3 N–H and O–H groups in total. The Morgan fingerprint density at radius 2 is 2.36 bits per heavy atom. The first-order valence-corrected chi connectivity index (χ1v) is 4.79. The molecule has 0 amide bonds. The van der Waals surface area contributed by atoms with Gasteiger partial charge in [-0.3, -0.25) is 9.78 Å². The summed E-state index contributed by atoms with van der Waals surface area (Å²) in [6.07, 6.45) is 2.68. The monoisotopic (exact) mass is 195 g/mol. The van der Waals surface area contributed by atoms with Crippen LogP contribution in [0.2, 0.25) is 0 Å². The molecular weight excluding hydrogens is 182 g/mol. The van der Waals surface area contributed by atoms with Crippen LogP contribution in [0.3, 0.4) is 0 Å². The molecule has 1 saturated carbocycles. The zero-order chi connectivity index (χ0) is 10.1. The molecule has 0 radical (unpaired) electrons. The Morgan fingerprint density at radius 1 is 1.64 bits per heavy atom. The van der Waals surface area contributed by atoms with Crippen LogP contribution < -0.4 is 10.9 Å². The van der Waals surface area contributed by atoms with E-state index in [9.17, 15) is 9.90 Å². The van der Waals surface area contributed by atoms with Gasteiger partial charge in [-0.15, -0.1) is 0 Å². The van der Waals surface area contributed by atoms with Crippen LogP contribution in [0.15, 0.2) is 4.79 Å². The lowest BCUT2D eigenvalue weighted by atomic mass is 10.2. The number of aromatic amines is 1. The molecule has 1 fully saturated rings. The molecule has 0 unspecified atom stereocenters. The molecule has 0 saturated heterocycles. The van der Waals surface area contributed by atoms with E-state index < -0.39 is 0 Å². The lowest BCUT2D eigenvalue weighted by Gasteiger charge is -2.05. The fourth-order valence-electron chi connectivity index (χ4n) is 1.29. The molecule has 5 nitrogen and oxygen atoms in total. The van der Waals surface area contributed by atoms with Crippen LogP contribution in [0.25, 0.3) is 0 Å². The summed E-state index contributed by atoms with van der Waals surface area (Å²) in [6, 6.07) is 0.407. The average Bonchev–Trinajstić information content (AvgIpc) is 2.87. The molecule has 0 bridgehead atoms. The lowest BCUT2D eigenvalue weighted by molar-refractivity contribution is 0.444. The molecule has 2 rings (SSSR count). The fourth-order valence-corrected chi connectivity index (χ4v) is 1.29. The van der Waals surface area contributed by atoms with E-state index in [0.717, 1.165) is 12.8 Å². The molecule has 76 valence electrons. The van der Waals surface area contributed by atoms with E-state index >= 15 is 0 Å². The first kappa shape index (κ1) is 9.05. The van der Waals surface area contributed by atoms with Crippen LogP contribution >= 0.6 is 0 Å². The van der Waals surface area contributed by atoms with Crippen molar-refractivity contribution in [2.24, 2.45) is 0 Å². The van der Waals surface area contributed by atoms with Gasteiger partial charge in [-0.05, 0) is 19.3 Å². The van der Waals surface area contributed by atoms with Crippen LogP contribution in [0.4, 0.5) is 5.95 Å². The van der Waals surface area contributed by atoms with E-state index in [0.29, 0.717) is 24.0 Å². The van der Waals surface area contributed by atoms with E-state index in [-0.39, 0.29) is 11.4 Å². The van der Waals surface area contributed by atoms with Crippen molar-refractivity contribution in [1.82, 2.24) is 9.97 Å². The van der Waals surface area contributed by atoms with Gasteiger partial charge >= 0.3 is 0 Å². The van der Waals surface area contributed by atoms with Crippen molar-refractivity contribution in [3.63, 3.8) is 0 Å². The quantitative estimate of drug-likeness (QED) is 0.660. The van der Waals surface area contributed by atoms with E-state index in [1.165, 1.54) is 0 Å². The van der Waals surface area contributed by atoms with Crippen LogP contribution in [0.1, 0.15) is 25.3 Å². The summed E-state index contributed by atoms with van der Waals surface area (Å²) >= 11 is 0. The van der Waals surface area contributed by atoms with Gasteiger partial charge in [0.2, 0.25) is 11.8 Å². The summed E-state index contributed by atoms with van der Waals surface area (Å²) in [5, 5.41) is 12.5. The average molecular weight is 195 g/mol. The molecule has 0 spiro atoms. The standard InChI is InChI=1S/C9H13N3O2/c1-2-6-7(13)11-9(12-8(6)14)10-5-3-4-5/h5H,2-4H2,1H3,(H3,10,11,12,13,14). The van der Waals surface area contributed by atoms with E-state index in [1.54, 1.807) is 6.92 Å². The number of nitrogens with zero attached hydrogens (tertiary/aromatic N) is 1. The maximum atomic E-state index is 11.4. The Kier molecular flexibility index (Phi) is 2.15. The number of hydrogen-bond acceptors (Lipinski definition) is 4. The number of H-pyrrole nitrogens is 1. The van der Waals surface area contributed by atoms with Gasteiger partial charge < -0.3 is 10.4 Å². The topological polar surface area (TPSA) is 78.0 Å². The fraction of sp³-hybridized carbons (Fsp3) is 0.556. The molecular formula is C9H13N3O2. The molecule has 5 heteroatoms. The Balaban J connectivity index is 2.30. The number of rotatable bonds is 3. The minimum absolute atomic E-state index is 0.167. The second kappa shape index (κ2) is 3.32. The molecule has 1 aromatic heterocycles. The SMILES string of the molecule is CCc1c(O)nc(NC2CC2)[nH]c1=O. The van der Waals surface area contributed by atoms with Gasteiger partial charge in [0.15, 0.2) is 0 Å². The summed E-state index contributed by atoms with van der Waals surface area (Å²) in [6.45, 7) is 1.81. The highest BCUT2D eigenvalue weighted by molar-refractivity contribution is 5.34. The Morgan fingerprint density at radius 3 is 2.86 bits per heavy atom. The van der Waals surface area contributed by atoms with Crippen LogP contribution in [0, 0.1) is 0 Å². The minimum Gasteiger partial charge on any atom is -0.493 e. The Hall–Kier alpha value is -1.52. The van der Waals surface area contributed by atoms with Crippen LogP contribution in [-0.2, 0) is 6.42 Å². The number of anilines is 1. The Labute approximate surface area is 81.2 Å². The van der Waals surface area contributed by atoms with Gasteiger partial charge in [-0.1, -0.05) is 6.92 Å². The smallest absolute Gasteiger partial charge is 0.259 e. The van der Waals surface area contributed by atoms with Crippen molar-refractivity contribution in [3.8, 4) is 5.88 Å². The summed E-state index contributed by atoms with van der Waals surface area (Å²) in [5.74, 6) is 0.201. The van der Waals surface area contributed by atoms with Gasteiger partial charge in [0.1, 0.15) is 0 Å². The van der Waals surface area contributed by atoms with E-state index in [4.69, 9.17) is 0 Å². The first-order chi connectivity index (χ1) is 6.70. The van der Waals surface area contributed by atoms with E-state index in [2.05, 4.69) is 15.3 Å². The second-order valence-electron chi connectivity index (χ2n) is 3.49. The maximum Gasteiger partial charge on any atom is 0.259 e. The number of nitrogens with one attached hydrogen (secondary N) is 2. The lowest BCUT2D eigenvalue weighted by Crippen LogP contribution is -2.17. The highest BCUT2D eigenvalue weighted by Crippen LogP contribution is 2.23. The number of aromatic nitrogens is 2. The van der Waals surface area contributed by atoms with Crippen molar-refractivity contribution < 1.29 is 5.11 Å². The third kappa shape index (κ3) is 1.71. The predicted molar refractivity (Wildman–Crippen MR) is 52.5 cm³/mol. The molecule has 14 heavy (non-hydrogen) atoms. The third-order valence-electron chi connectivity index (χ3n) is 2.27. The summed E-state index contributed by atoms with van der Waals surface area (Å²) < 4.78 is 0. The summed E-state index contributed by atoms with van der Waals surface area (Å²) in [5.41, 5.74) is 0.0782. The van der Waals surface area contributed by atoms with Gasteiger partial charge in [-0.2, -0.15) is 4.98 Å². The maximum absolute atomic E-state index is 11.4. The van der Waals surface area contributed by atoms with Crippen molar-refractivity contribution in [2.45, 2.75) is 32.2 Å². The normalized spacial score (nSPS) is 15.5. The molecule has 0 atom stereocenters. The summed E-state index contributed by atoms with van der Waals surface area (Å²) in [4.78, 5) is 17.9. The van der Waals surface area contributed by atoms with Crippen molar-refractivity contribution in [3.05, 3.63) is 15.9 Å². The molecule has 1 aliphatic rings. The number of aromatic hydroxyl groups is 1. The predicted octanol–water partition coefficient (Wildman–Crippen LogP) is 0.612. The molecule has 0 aliphatic heterocycles. The second-order valence-corrected chi connectivity index (χ2v) is 3.49. The zero-order valence-corrected chi connectivity index (χ0v) is 8.00. The first-order valence-electron chi connectivity index (χ1n) is 4.79. The van der Waals surface area contributed by atoms with Gasteiger partial charge in [-0.25, -0.2) is 0 Å². The minimum atomic E-state index is -0.261. The Bertz CT molecular complexity index is 396. The molecule has 1 aromatic rings. The zero-order valence-electron chi connectivity index (χ0n) is 8.00. The van der Waals surface area contributed by atoms with Gasteiger partial charge in [0.25, 0.3) is 5.56 Å². The largest absolute Gasteiger partial charge is 0.493 e. The van der Waals surface area contributed by atoms with Gasteiger partial charge in [0, 0.05) is 6.04 Å². The molecule has 1 heterocycles. The molecule has 0 aromatic carbocycles. The van der Waals surface area contributed by atoms with Crippen molar-refractivity contribution >= 4 is 5.95 Å². The number of hydrogen-bond donors (Lipinski definition) is 3. The van der Waals surface area contributed by atoms with Crippen molar-refractivity contribution in [2.75, 3.05) is 5.32 Å². The highest BCUT2D eigenvalue weighted by Gasteiger charge is 2.22. The van der Waals surface area contributed by atoms with Crippen LogP contribution in [0.5, 0.6) is 5.88 Å². The van der Waals surface area contributed by atoms with Crippen LogP contribution in [-0.4, -0.2) is 21.1 Å².